The Bertz CT molecular complexity index is 1180. The van der Waals surface area contributed by atoms with Crippen molar-refractivity contribution >= 4 is 32.7 Å². The fraction of sp³-hybridized carbons (Fsp3) is 0.400. The van der Waals surface area contributed by atoms with Crippen LogP contribution in [0.2, 0.25) is 0 Å². The first-order chi connectivity index (χ1) is 14.4. The molecule has 0 aromatic carbocycles. The normalized spacial score (nSPS) is 24.6. The van der Waals surface area contributed by atoms with Gasteiger partial charge in [0.15, 0.2) is 6.61 Å². The Kier molecular flexibility index (Phi) is 4.55. The molecule has 2 atom stereocenters. The third-order valence-electron chi connectivity index (χ3n) is 5.69. The molecule has 10 heteroatoms. The number of hydrogen-bond donors (Lipinski definition) is 2. The lowest BCUT2D eigenvalue weighted by Gasteiger charge is -2.33. The van der Waals surface area contributed by atoms with Crippen LogP contribution in [0.4, 0.5) is 5.69 Å². The van der Waals surface area contributed by atoms with Crippen molar-refractivity contribution in [2.45, 2.75) is 24.6 Å². The molecule has 2 N–H and O–H groups in total. The van der Waals surface area contributed by atoms with Gasteiger partial charge in [-0.3, -0.25) is 9.78 Å². The number of anilines is 1. The fourth-order valence-electron chi connectivity index (χ4n) is 4.28. The summed E-state index contributed by atoms with van der Waals surface area (Å²) in [6.45, 7) is 4.34. The number of piperazine rings is 1. The Balaban J connectivity index is 1.61. The molecule has 158 valence electrons. The molecule has 0 spiro atoms. The van der Waals surface area contributed by atoms with Gasteiger partial charge in [-0.2, -0.15) is 0 Å². The number of fused-ring (bicyclic) bond motifs is 1. The number of pyridine rings is 1. The highest BCUT2D eigenvalue weighted by Gasteiger charge is 2.38. The summed E-state index contributed by atoms with van der Waals surface area (Å²) in [5.74, 6) is 0.0546. The highest BCUT2D eigenvalue weighted by Crippen LogP contribution is 2.34. The van der Waals surface area contributed by atoms with Crippen LogP contribution in [0.15, 0.2) is 48.1 Å². The van der Waals surface area contributed by atoms with Gasteiger partial charge in [-0.15, -0.1) is 0 Å². The molecule has 0 bridgehead atoms. The quantitative estimate of drug-likeness (QED) is 0.740. The molecule has 0 saturated carbocycles. The summed E-state index contributed by atoms with van der Waals surface area (Å²) >= 11 is 0. The van der Waals surface area contributed by atoms with Gasteiger partial charge in [-0.05, 0) is 31.6 Å². The predicted molar refractivity (Wildman–Crippen MR) is 112 cm³/mol. The third kappa shape index (κ3) is 3.07. The summed E-state index contributed by atoms with van der Waals surface area (Å²) < 4.78 is 34.3. The van der Waals surface area contributed by atoms with Crippen molar-refractivity contribution in [3.8, 4) is 0 Å². The minimum absolute atomic E-state index is 0.113. The summed E-state index contributed by atoms with van der Waals surface area (Å²) in [7, 11) is -3.88. The van der Waals surface area contributed by atoms with Crippen molar-refractivity contribution in [2.24, 2.45) is 0 Å². The number of rotatable bonds is 3. The van der Waals surface area contributed by atoms with E-state index in [1.807, 2.05) is 0 Å². The van der Waals surface area contributed by atoms with Crippen LogP contribution in [-0.4, -0.2) is 60.8 Å². The van der Waals surface area contributed by atoms with E-state index < -0.39 is 15.3 Å². The minimum atomic E-state index is -3.88. The Morgan fingerprint density at radius 1 is 1.33 bits per heavy atom. The van der Waals surface area contributed by atoms with Crippen molar-refractivity contribution in [1.29, 1.82) is 0 Å². The standard InChI is InChI=1S/C20H23N5O4S/c1-13-10-24(9-8-21-13)15-11-25(14-4-3-7-22-19(14)15)30(27,28)17-6-2-5-16-20(17)23-18(26)12-29-16/h2-5,7,11,13,17,21H,6,8-10,12H2,1H3,(H,23,26)/t13-,17?/m0/s1. The summed E-state index contributed by atoms with van der Waals surface area (Å²) in [5, 5.41) is 5.17. The average Bonchev–Trinajstić information content (AvgIpc) is 3.14. The minimum Gasteiger partial charge on any atom is -0.482 e. The fourth-order valence-corrected chi connectivity index (χ4v) is 6.05. The van der Waals surface area contributed by atoms with Crippen molar-refractivity contribution in [1.82, 2.24) is 19.6 Å². The number of allylic oxidation sites excluding steroid dienone is 2. The largest absolute Gasteiger partial charge is 0.482 e. The molecule has 3 aliphatic rings. The van der Waals surface area contributed by atoms with Crippen LogP contribution in [0, 0.1) is 0 Å². The number of hydrogen-bond acceptors (Lipinski definition) is 7. The number of carbonyl (C=O) groups is 1. The predicted octanol–water partition coefficient (Wildman–Crippen LogP) is 0.699. The van der Waals surface area contributed by atoms with Crippen molar-refractivity contribution in [3.63, 3.8) is 0 Å². The van der Waals surface area contributed by atoms with Crippen LogP contribution in [0.3, 0.4) is 0 Å². The van der Waals surface area contributed by atoms with E-state index >= 15 is 0 Å². The van der Waals surface area contributed by atoms with Crippen molar-refractivity contribution in [2.75, 3.05) is 31.1 Å². The van der Waals surface area contributed by atoms with Crippen LogP contribution in [0.25, 0.3) is 11.0 Å². The molecule has 2 aromatic rings. The summed E-state index contributed by atoms with van der Waals surface area (Å²) in [6, 6.07) is 3.79. The first-order valence-electron chi connectivity index (χ1n) is 9.97. The molecule has 9 nitrogen and oxygen atoms in total. The summed E-state index contributed by atoms with van der Waals surface area (Å²) in [5.41, 5.74) is 2.28. The van der Waals surface area contributed by atoms with E-state index in [1.54, 1.807) is 36.7 Å². The molecule has 5 rings (SSSR count). The Morgan fingerprint density at radius 3 is 3.03 bits per heavy atom. The van der Waals surface area contributed by atoms with Crippen molar-refractivity contribution < 1.29 is 17.9 Å². The van der Waals surface area contributed by atoms with E-state index in [1.165, 1.54) is 3.97 Å². The maximum absolute atomic E-state index is 13.8. The first kappa shape index (κ1) is 19.1. The van der Waals surface area contributed by atoms with Crippen molar-refractivity contribution in [3.05, 3.63) is 48.1 Å². The number of aromatic nitrogens is 2. The summed E-state index contributed by atoms with van der Waals surface area (Å²) in [4.78, 5) is 18.5. The second-order valence-corrected chi connectivity index (χ2v) is 9.76. The molecule has 0 radical (unpaired) electrons. The molecule has 1 amide bonds. The van der Waals surface area contributed by atoms with Gasteiger partial charge in [0.25, 0.3) is 5.91 Å². The lowest BCUT2D eigenvalue weighted by Crippen LogP contribution is -2.49. The van der Waals surface area contributed by atoms with Crippen LogP contribution in [0.5, 0.6) is 0 Å². The van der Waals surface area contributed by atoms with E-state index in [0.29, 0.717) is 28.5 Å². The second-order valence-electron chi connectivity index (χ2n) is 7.77. The van der Waals surface area contributed by atoms with Gasteiger partial charge in [-0.25, -0.2) is 12.4 Å². The third-order valence-corrected chi connectivity index (χ3v) is 7.69. The number of amides is 1. The lowest BCUT2D eigenvalue weighted by atomic mass is 10.1. The smallest absolute Gasteiger partial charge is 0.262 e. The number of nitrogens with one attached hydrogen (secondary N) is 2. The average molecular weight is 430 g/mol. The van der Waals surface area contributed by atoms with E-state index in [2.05, 4.69) is 27.4 Å². The zero-order valence-corrected chi connectivity index (χ0v) is 17.4. The molecule has 2 aliphatic heterocycles. The van der Waals surface area contributed by atoms with Gasteiger partial charge in [0.1, 0.15) is 16.5 Å². The van der Waals surface area contributed by atoms with Gasteiger partial charge >= 0.3 is 0 Å². The topological polar surface area (TPSA) is 106 Å². The highest BCUT2D eigenvalue weighted by atomic mass is 32.2. The van der Waals surface area contributed by atoms with Gasteiger partial charge in [-0.1, -0.05) is 6.08 Å². The number of carbonyl (C=O) groups excluding carboxylic acids is 1. The van der Waals surface area contributed by atoms with Gasteiger partial charge < -0.3 is 20.3 Å². The molecule has 30 heavy (non-hydrogen) atoms. The van der Waals surface area contributed by atoms with E-state index in [0.717, 1.165) is 25.3 Å². The monoisotopic (exact) mass is 429 g/mol. The molecule has 1 aliphatic carbocycles. The van der Waals surface area contributed by atoms with Crippen LogP contribution in [0.1, 0.15) is 13.3 Å². The maximum atomic E-state index is 13.8. The Hall–Kier alpha value is -2.85. The zero-order valence-electron chi connectivity index (χ0n) is 16.5. The summed E-state index contributed by atoms with van der Waals surface area (Å²) in [6.07, 6.45) is 7.07. The maximum Gasteiger partial charge on any atom is 0.262 e. The molecular weight excluding hydrogens is 406 g/mol. The SMILES string of the molecule is C[C@H]1CN(c2cn(S(=O)(=O)C3CC=CC4=C3NC(=O)CO4)c3cccnc23)CCN1. The van der Waals surface area contributed by atoms with Crippen LogP contribution >= 0.6 is 0 Å². The second kappa shape index (κ2) is 7.13. The van der Waals surface area contributed by atoms with Gasteiger partial charge in [0.05, 0.1) is 16.9 Å². The Labute approximate surface area is 174 Å². The zero-order chi connectivity index (χ0) is 20.9. The van der Waals surface area contributed by atoms with E-state index in [9.17, 15) is 13.2 Å². The molecule has 1 fully saturated rings. The first-order valence-corrected chi connectivity index (χ1v) is 11.5. The lowest BCUT2D eigenvalue weighted by molar-refractivity contribution is -0.125. The molecule has 2 aromatic heterocycles. The number of nitrogens with zero attached hydrogens (tertiary/aromatic N) is 3. The van der Waals surface area contributed by atoms with E-state index in [4.69, 9.17) is 4.74 Å². The van der Waals surface area contributed by atoms with Crippen LogP contribution in [-0.2, 0) is 19.6 Å². The molecule has 4 heterocycles. The highest BCUT2D eigenvalue weighted by molar-refractivity contribution is 7.90. The molecule has 1 unspecified atom stereocenters. The number of ether oxygens (including phenoxy) is 1. The van der Waals surface area contributed by atoms with Gasteiger partial charge in [0.2, 0.25) is 10.0 Å². The van der Waals surface area contributed by atoms with Crippen LogP contribution < -0.4 is 15.5 Å². The molecular formula is C20H23N5O4S. The van der Waals surface area contributed by atoms with Gasteiger partial charge in [0, 0.05) is 38.1 Å². The Morgan fingerprint density at radius 2 is 2.20 bits per heavy atom. The van der Waals surface area contributed by atoms with E-state index in [-0.39, 0.29) is 18.9 Å². The molecule has 1 saturated heterocycles.